The zero-order valence-corrected chi connectivity index (χ0v) is 15.7. The number of thiocarbonyl (C=S) groups is 1. The molecular weight excluding hydrogens is 364 g/mol. The number of hydrazone groups is 1. The molecule has 0 amide bonds. The third-order valence-electron chi connectivity index (χ3n) is 3.13. The van der Waals surface area contributed by atoms with Gasteiger partial charge < -0.3 is 15.5 Å². The first-order chi connectivity index (χ1) is 11.6. The number of para-hydroxylation sites is 1. The maximum absolute atomic E-state index is 6.11. The van der Waals surface area contributed by atoms with E-state index in [4.69, 9.17) is 28.6 Å². The van der Waals surface area contributed by atoms with E-state index < -0.39 is 0 Å². The third kappa shape index (κ3) is 4.59. The van der Waals surface area contributed by atoms with Crippen molar-refractivity contribution in [3.8, 4) is 5.75 Å². The van der Waals surface area contributed by atoms with Gasteiger partial charge in [-0.1, -0.05) is 29.9 Å². The molecule has 2 N–H and O–H groups in total. The highest BCUT2D eigenvalue weighted by Gasteiger charge is 2.10. The SMILES string of the molecule is COc1c(Cl)cccc1NC(=S)c1ccc(C(C)=NNCS)nc1. The van der Waals surface area contributed by atoms with Gasteiger partial charge in [0.25, 0.3) is 0 Å². The molecule has 8 heteroatoms. The van der Waals surface area contributed by atoms with Crippen molar-refractivity contribution < 1.29 is 4.74 Å². The van der Waals surface area contributed by atoms with Crippen LogP contribution >= 0.6 is 36.4 Å². The zero-order valence-electron chi connectivity index (χ0n) is 13.2. The van der Waals surface area contributed by atoms with E-state index in [0.717, 1.165) is 17.0 Å². The van der Waals surface area contributed by atoms with Crippen molar-refractivity contribution in [2.24, 2.45) is 5.10 Å². The summed E-state index contributed by atoms with van der Waals surface area (Å²) >= 11 is 15.6. The summed E-state index contributed by atoms with van der Waals surface area (Å²) in [6.45, 7) is 1.87. The largest absolute Gasteiger partial charge is 0.493 e. The molecule has 0 fully saturated rings. The van der Waals surface area contributed by atoms with Crippen molar-refractivity contribution in [1.29, 1.82) is 0 Å². The zero-order chi connectivity index (χ0) is 17.5. The summed E-state index contributed by atoms with van der Waals surface area (Å²) in [4.78, 5) is 4.90. The fourth-order valence-electron chi connectivity index (χ4n) is 1.96. The lowest BCUT2D eigenvalue weighted by Gasteiger charge is -2.13. The fourth-order valence-corrected chi connectivity index (χ4v) is 2.52. The number of aromatic nitrogens is 1. The van der Waals surface area contributed by atoms with Crippen LogP contribution in [-0.2, 0) is 0 Å². The van der Waals surface area contributed by atoms with E-state index in [1.165, 1.54) is 0 Å². The van der Waals surface area contributed by atoms with E-state index in [-0.39, 0.29) is 0 Å². The van der Waals surface area contributed by atoms with Crippen LogP contribution in [0.15, 0.2) is 41.6 Å². The van der Waals surface area contributed by atoms with Crippen molar-refractivity contribution in [3.63, 3.8) is 0 Å². The molecule has 0 spiro atoms. The molecule has 2 aromatic rings. The van der Waals surface area contributed by atoms with Crippen molar-refractivity contribution in [1.82, 2.24) is 10.4 Å². The molecule has 0 aliphatic carbocycles. The van der Waals surface area contributed by atoms with Crippen LogP contribution in [0.25, 0.3) is 0 Å². The molecule has 126 valence electrons. The Morgan fingerprint density at radius 1 is 1.38 bits per heavy atom. The van der Waals surface area contributed by atoms with Gasteiger partial charge in [0.2, 0.25) is 0 Å². The number of pyridine rings is 1. The molecule has 0 atom stereocenters. The van der Waals surface area contributed by atoms with Crippen LogP contribution in [0, 0.1) is 0 Å². The molecule has 1 aromatic heterocycles. The molecule has 0 unspecified atom stereocenters. The van der Waals surface area contributed by atoms with Crippen LogP contribution in [0.2, 0.25) is 5.02 Å². The maximum Gasteiger partial charge on any atom is 0.160 e. The average molecular weight is 381 g/mol. The molecule has 1 aromatic carbocycles. The van der Waals surface area contributed by atoms with E-state index in [0.29, 0.717) is 27.3 Å². The number of benzene rings is 1. The number of rotatable bonds is 6. The lowest BCUT2D eigenvalue weighted by atomic mass is 10.2. The first kappa shape index (κ1) is 18.5. The van der Waals surface area contributed by atoms with Gasteiger partial charge in [0, 0.05) is 11.8 Å². The molecule has 0 saturated heterocycles. The van der Waals surface area contributed by atoms with Crippen molar-refractivity contribution >= 4 is 52.8 Å². The first-order valence-electron chi connectivity index (χ1n) is 7.05. The Morgan fingerprint density at radius 3 is 2.79 bits per heavy atom. The topological polar surface area (TPSA) is 58.5 Å². The number of thiol groups is 1. The van der Waals surface area contributed by atoms with E-state index in [9.17, 15) is 0 Å². The summed E-state index contributed by atoms with van der Waals surface area (Å²) in [6, 6.07) is 9.17. The van der Waals surface area contributed by atoms with Gasteiger partial charge >= 0.3 is 0 Å². The normalized spacial score (nSPS) is 11.1. The molecular formula is C16H17ClN4OS2. The second kappa shape index (κ2) is 8.86. The van der Waals surface area contributed by atoms with E-state index in [1.54, 1.807) is 19.4 Å². The number of nitrogens with zero attached hydrogens (tertiary/aromatic N) is 2. The predicted octanol–water partition coefficient (Wildman–Crippen LogP) is 3.73. The smallest absolute Gasteiger partial charge is 0.160 e. The highest BCUT2D eigenvalue weighted by molar-refractivity contribution is 7.81. The average Bonchev–Trinajstić information content (AvgIpc) is 2.60. The highest BCUT2D eigenvalue weighted by Crippen LogP contribution is 2.32. The second-order valence-corrected chi connectivity index (χ2v) is 5.85. The molecule has 1 heterocycles. The van der Waals surface area contributed by atoms with Crippen molar-refractivity contribution in [3.05, 3.63) is 52.8 Å². The van der Waals surface area contributed by atoms with Gasteiger partial charge in [0.05, 0.1) is 35.1 Å². The quantitative estimate of drug-likeness (QED) is 0.234. The lowest BCUT2D eigenvalue weighted by Crippen LogP contribution is -2.13. The number of hydrogen-bond donors (Lipinski definition) is 3. The van der Waals surface area contributed by atoms with Crippen LogP contribution in [0.3, 0.4) is 0 Å². The number of hydrogen-bond acceptors (Lipinski definition) is 6. The Balaban J connectivity index is 2.15. The fraction of sp³-hybridized carbons (Fsp3) is 0.188. The molecule has 0 saturated carbocycles. The molecule has 2 rings (SSSR count). The molecule has 24 heavy (non-hydrogen) atoms. The van der Waals surface area contributed by atoms with Gasteiger partial charge in [-0.3, -0.25) is 4.98 Å². The number of halogens is 1. The van der Waals surface area contributed by atoms with Gasteiger partial charge in [0.15, 0.2) is 5.75 Å². The van der Waals surface area contributed by atoms with Gasteiger partial charge in [-0.2, -0.15) is 17.7 Å². The van der Waals surface area contributed by atoms with Crippen LogP contribution in [0.1, 0.15) is 18.2 Å². The van der Waals surface area contributed by atoms with Gasteiger partial charge in [-0.25, -0.2) is 0 Å². The van der Waals surface area contributed by atoms with E-state index in [2.05, 4.69) is 33.5 Å². The minimum Gasteiger partial charge on any atom is -0.493 e. The van der Waals surface area contributed by atoms with E-state index in [1.807, 2.05) is 31.2 Å². The lowest BCUT2D eigenvalue weighted by molar-refractivity contribution is 0.417. The number of anilines is 1. The summed E-state index contributed by atoms with van der Waals surface area (Å²) < 4.78 is 5.30. The Labute approximate surface area is 156 Å². The van der Waals surface area contributed by atoms with Crippen LogP contribution in [0.4, 0.5) is 5.69 Å². The molecule has 5 nitrogen and oxygen atoms in total. The standard InChI is InChI=1S/C16H17ClN4OS2/c1-10(21-19-9-23)13-7-6-11(8-18-13)16(24)20-14-5-3-4-12(17)15(14)22-2/h3-8,19,23H,9H2,1-2H3,(H,20,24). The summed E-state index contributed by atoms with van der Waals surface area (Å²) in [7, 11) is 1.56. The number of methoxy groups -OCH3 is 1. The monoisotopic (exact) mass is 380 g/mol. The Hall–Kier alpha value is -1.83. The number of ether oxygens (including phenoxy) is 1. The van der Waals surface area contributed by atoms with E-state index >= 15 is 0 Å². The van der Waals surface area contributed by atoms with Crippen LogP contribution in [0.5, 0.6) is 5.75 Å². The Bertz CT molecular complexity index is 750. The Kier molecular flexibility index (Phi) is 6.84. The summed E-state index contributed by atoms with van der Waals surface area (Å²) in [6.07, 6.45) is 1.70. The van der Waals surface area contributed by atoms with Crippen LogP contribution < -0.4 is 15.5 Å². The minimum atomic E-state index is 0.463. The second-order valence-electron chi connectivity index (χ2n) is 4.72. The molecule has 0 aliphatic heterocycles. The highest BCUT2D eigenvalue weighted by atomic mass is 35.5. The van der Waals surface area contributed by atoms with Crippen molar-refractivity contribution in [2.45, 2.75) is 6.92 Å². The van der Waals surface area contributed by atoms with Gasteiger partial charge in [0.1, 0.15) is 4.99 Å². The van der Waals surface area contributed by atoms with Gasteiger partial charge in [-0.15, -0.1) is 0 Å². The number of nitrogens with one attached hydrogen (secondary N) is 2. The minimum absolute atomic E-state index is 0.463. The van der Waals surface area contributed by atoms with Crippen LogP contribution in [-0.4, -0.2) is 28.7 Å². The molecule has 0 bridgehead atoms. The summed E-state index contributed by atoms with van der Waals surface area (Å²) in [5, 5.41) is 7.78. The first-order valence-corrected chi connectivity index (χ1v) is 8.47. The summed E-state index contributed by atoms with van der Waals surface area (Å²) in [5.41, 5.74) is 5.80. The molecule has 0 radical (unpaired) electrons. The maximum atomic E-state index is 6.11. The summed E-state index contributed by atoms with van der Waals surface area (Å²) in [5.74, 6) is 1.01. The molecule has 0 aliphatic rings. The predicted molar refractivity (Wildman–Crippen MR) is 107 cm³/mol. The third-order valence-corrected chi connectivity index (χ3v) is 3.91. The van der Waals surface area contributed by atoms with Crippen molar-refractivity contribution in [2.75, 3.05) is 18.3 Å². The van der Waals surface area contributed by atoms with Gasteiger partial charge in [-0.05, 0) is 31.2 Å². The Morgan fingerprint density at radius 2 is 2.17 bits per heavy atom.